The lowest BCUT2D eigenvalue weighted by molar-refractivity contribution is -0.137. The lowest BCUT2D eigenvalue weighted by Gasteiger charge is -2.28. The van der Waals surface area contributed by atoms with Crippen molar-refractivity contribution in [1.29, 1.82) is 0 Å². The van der Waals surface area contributed by atoms with Crippen LogP contribution in [0.25, 0.3) is 0 Å². The molecular weight excluding hydrogens is 371 g/mol. The van der Waals surface area contributed by atoms with Gasteiger partial charge >= 0.3 is 6.18 Å². The molecule has 1 atom stereocenters. The molecule has 26 heavy (non-hydrogen) atoms. The highest BCUT2D eigenvalue weighted by atomic mass is 35.5. The van der Waals surface area contributed by atoms with E-state index in [-0.39, 0.29) is 30.9 Å². The number of halogens is 4. The number of hydrogen-bond donors (Lipinski definition) is 2. The number of carbonyl (C=O) groups is 2. The van der Waals surface area contributed by atoms with E-state index in [1.807, 2.05) is 6.92 Å². The molecule has 0 saturated carbocycles. The Morgan fingerprint density at radius 3 is 2.58 bits per heavy atom. The molecule has 2 N–H and O–H groups in total. The van der Waals surface area contributed by atoms with Crippen LogP contribution in [0.15, 0.2) is 24.3 Å². The Labute approximate surface area is 156 Å². The van der Waals surface area contributed by atoms with Crippen LogP contribution in [0.3, 0.4) is 0 Å². The molecule has 0 aromatic heterocycles. The third-order valence-electron chi connectivity index (χ3n) is 4.14. The van der Waals surface area contributed by atoms with Gasteiger partial charge in [-0.2, -0.15) is 13.2 Å². The van der Waals surface area contributed by atoms with Crippen molar-refractivity contribution in [2.75, 3.05) is 26.2 Å². The van der Waals surface area contributed by atoms with Crippen molar-refractivity contribution in [3.05, 3.63) is 35.4 Å². The van der Waals surface area contributed by atoms with Crippen LogP contribution in [0.4, 0.5) is 13.2 Å². The molecule has 0 aliphatic carbocycles. The summed E-state index contributed by atoms with van der Waals surface area (Å²) in [6.07, 6.45) is -3.02. The van der Waals surface area contributed by atoms with Gasteiger partial charge in [-0.3, -0.25) is 9.59 Å². The minimum atomic E-state index is -4.62. The maximum absolute atomic E-state index is 13.0. The second kappa shape index (κ2) is 9.78. The maximum Gasteiger partial charge on any atom is 0.417 e. The summed E-state index contributed by atoms with van der Waals surface area (Å²) in [6, 6.07) is 4.60. The number of nitrogens with one attached hydrogen (secondary N) is 2. The SMILES string of the molecule is CCCN(C(=O)CNC(=O)c1ccccc1C(F)(F)F)C1CCNC1.Cl. The second-order valence-electron chi connectivity index (χ2n) is 5.96. The third kappa shape index (κ3) is 5.60. The Bertz CT molecular complexity index is 620. The molecule has 1 saturated heterocycles. The lowest BCUT2D eigenvalue weighted by Crippen LogP contribution is -2.47. The zero-order valence-corrected chi connectivity index (χ0v) is 15.3. The normalized spacial score (nSPS) is 16.7. The second-order valence-corrected chi connectivity index (χ2v) is 5.96. The van der Waals surface area contributed by atoms with Crippen LogP contribution < -0.4 is 10.6 Å². The summed E-state index contributed by atoms with van der Waals surface area (Å²) in [5, 5.41) is 5.50. The van der Waals surface area contributed by atoms with Crippen LogP contribution in [0.2, 0.25) is 0 Å². The number of nitrogens with zero attached hydrogens (tertiary/aromatic N) is 1. The molecule has 1 aliphatic rings. The molecule has 1 unspecified atom stereocenters. The Morgan fingerprint density at radius 2 is 2.00 bits per heavy atom. The Kier molecular flexibility index (Phi) is 8.36. The molecule has 146 valence electrons. The topological polar surface area (TPSA) is 61.4 Å². The summed E-state index contributed by atoms with van der Waals surface area (Å²) in [6.45, 7) is 3.70. The number of benzene rings is 1. The predicted octanol–water partition coefficient (Wildman–Crippen LogP) is 2.46. The van der Waals surface area contributed by atoms with Gasteiger partial charge in [0.1, 0.15) is 0 Å². The highest BCUT2D eigenvalue weighted by Gasteiger charge is 2.35. The van der Waals surface area contributed by atoms with E-state index >= 15 is 0 Å². The van der Waals surface area contributed by atoms with Gasteiger partial charge in [-0.1, -0.05) is 19.1 Å². The highest BCUT2D eigenvalue weighted by Crippen LogP contribution is 2.31. The monoisotopic (exact) mass is 393 g/mol. The molecule has 1 aromatic rings. The van der Waals surface area contributed by atoms with E-state index in [2.05, 4.69) is 10.6 Å². The maximum atomic E-state index is 13.0. The summed E-state index contributed by atoms with van der Waals surface area (Å²) in [5.74, 6) is -1.18. The number of rotatable bonds is 6. The molecule has 1 fully saturated rings. The molecule has 2 amide bonds. The standard InChI is InChI=1S/C17H22F3N3O2.ClH/c1-2-9-23(12-7-8-21-10-12)15(24)11-22-16(25)13-5-3-4-6-14(13)17(18,19)20;/h3-6,12,21H,2,7-11H2,1H3,(H,22,25);1H. The first-order valence-corrected chi connectivity index (χ1v) is 8.29. The molecule has 5 nitrogen and oxygen atoms in total. The summed E-state index contributed by atoms with van der Waals surface area (Å²) in [4.78, 5) is 26.2. The van der Waals surface area contributed by atoms with Gasteiger partial charge in [0, 0.05) is 19.1 Å². The van der Waals surface area contributed by atoms with Gasteiger partial charge in [-0.25, -0.2) is 0 Å². The van der Waals surface area contributed by atoms with Crippen molar-refractivity contribution in [2.24, 2.45) is 0 Å². The molecule has 0 spiro atoms. The molecule has 1 aliphatic heterocycles. The molecule has 9 heteroatoms. The van der Waals surface area contributed by atoms with E-state index in [0.717, 1.165) is 31.5 Å². The van der Waals surface area contributed by atoms with E-state index in [1.165, 1.54) is 12.1 Å². The van der Waals surface area contributed by atoms with Crippen molar-refractivity contribution >= 4 is 24.2 Å². The first-order valence-electron chi connectivity index (χ1n) is 8.29. The zero-order chi connectivity index (χ0) is 18.4. The van der Waals surface area contributed by atoms with E-state index < -0.39 is 23.2 Å². The fourth-order valence-corrected chi connectivity index (χ4v) is 2.94. The van der Waals surface area contributed by atoms with Crippen LogP contribution in [0, 0.1) is 0 Å². The molecule has 0 bridgehead atoms. The minimum absolute atomic E-state index is 0. The number of amides is 2. The van der Waals surface area contributed by atoms with Crippen molar-refractivity contribution in [2.45, 2.75) is 32.0 Å². The van der Waals surface area contributed by atoms with Gasteiger partial charge in [-0.15, -0.1) is 12.4 Å². The van der Waals surface area contributed by atoms with Crippen molar-refractivity contribution in [1.82, 2.24) is 15.5 Å². The molecular formula is C17H23ClF3N3O2. The molecule has 2 rings (SSSR count). The molecule has 1 aromatic carbocycles. The van der Waals surface area contributed by atoms with E-state index in [9.17, 15) is 22.8 Å². The zero-order valence-electron chi connectivity index (χ0n) is 14.4. The fraction of sp³-hybridized carbons (Fsp3) is 0.529. The van der Waals surface area contributed by atoms with Crippen molar-refractivity contribution < 1.29 is 22.8 Å². The number of carbonyl (C=O) groups excluding carboxylic acids is 2. The summed E-state index contributed by atoms with van der Waals surface area (Å²) in [5.41, 5.74) is -1.49. The fourth-order valence-electron chi connectivity index (χ4n) is 2.94. The van der Waals surface area contributed by atoms with Crippen molar-refractivity contribution in [3.8, 4) is 0 Å². The van der Waals surface area contributed by atoms with E-state index in [4.69, 9.17) is 0 Å². The van der Waals surface area contributed by atoms with Crippen molar-refractivity contribution in [3.63, 3.8) is 0 Å². The first-order chi connectivity index (χ1) is 11.8. The summed E-state index contributed by atoms with van der Waals surface area (Å²) >= 11 is 0. The van der Waals surface area contributed by atoms with Crippen LogP contribution in [-0.2, 0) is 11.0 Å². The predicted molar refractivity (Wildman–Crippen MR) is 94.3 cm³/mol. The lowest BCUT2D eigenvalue weighted by atomic mass is 10.1. The van der Waals surface area contributed by atoms with Gasteiger partial charge in [0.05, 0.1) is 17.7 Å². The van der Waals surface area contributed by atoms with Crippen LogP contribution in [-0.4, -0.2) is 48.9 Å². The van der Waals surface area contributed by atoms with Gasteiger partial charge in [-0.05, 0) is 31.5 Å². The highest BCUT2D eigenvalue weighted by molar-refractivity contribution is 5.97. The Balaban J connectivity index is 0.00000338. The van der Waals surface area contributed by atoms with Gasteiger partial charge < -0.3 is 15.5 Å². The van der Waals surface area contributed by atoms with E-state index in [0.29, 0.717) is 13.1 Å². The Hall–Kier alpha value is -1.80. The quantitative estimate of drug-likeness (QED) is 0.780. The summed E-state index contributed by atoms with van der Waals surface area (Å²) < 4.78 is 38.9. The van der Waals surface area contributed by atoms with Gasteiger partial charge in [0.15, 0.2) is 0 Å². The average Bonchev–Trinajstić information content (AvgIpc) is 3.10. The molecule has 1 heterocycles. The van der Waals surface area contributed by atoms with Crippen LogP contribution >= 0.6 is 12.4 Å². The van der Waals surface area contributed by atoms with Crippen LogP contribution in [0.1, 0.15) is 35.7 Å². The van der Waals surface area contributed by atoms with E-state index in [1.54, 1.807) is 4.90 Å². The summed E-state index contributed by atoms with van der Waals surface area (Å²) in [7, 11) is 0. The first kappa shape index (κ1) is 22.2. The van der Waals surface area contributed by atoms with Crippen LogP contribution in [0.5, 0.6) is 0 Å². The third-order valence-corrected chi connectivity index (χ3v) is 4.14. The van der Waals surface area contributed by atoms with Gasteiger partial charge in [0.25, 0.3) is 5.91 Å². The molecule has 0 radical (unpaired) electrons. The largest absolute Gasteiger partial charge is 0.417 e. The Morgan fingerprint density at radius 1 is 1.31 bits per heavy atom. The average molecular weight is 394 g/mol. The smallest absolute Gasteiger partial charge is 0.343 e. The number of alkyl halides is 3. The minimum Gasteiger partial charge on any atom is -0.343 e. The number of hydrogen-bond acceptors (Lipinski definition) is 3. The van der Waals surface area contributed by atoms with Gasteiger partial charge in [0.2, 0.25) is 5.91 Å².